The summed E-state index contributed by atoms with van der Waals surface area (Å²) in [6, 6.07) is 9.95. The lowest BCUT2D eigenvalue weighted by Gasteiger charge is -1.92. The standard InChI is InChI=1S/C8H9N/c9-7-6-8-4-2-1-3-5-8/h1-5H,6-7H2. The van der Waals surface area contributed by atoms with Crippen molar-refractivity contribution in [2.75, 3.05) is 6.54 Å². The summed E-state index contributed by atoms with van der Waals surface area (Å²) in [5.41, 5.74) is 9.71. The van der Waals surface area contributed by atoms with Crippen molar-refractivity contribution in [3.63, 3.8) is 0 Å². The average molecular weight is 119 g/mol. The minimum atomic E-state index is 0.240. The minimum absolute atomic E-state index is 0.240. The van der Waals surface area contributed by atoms with Crippen molar-refractivity contribution in [1.82, 2.24) is 5.73 Å². The molecule has 0 bridgehead atoms. The fourth-order valence-corrected chi connectivity index (χ4v) is 0.774. The van der Waals surface area contributed by atoms with Crippen LogP contribution in [-0.2, 0) is 6.42 Å². The SMILES string of the molecule is [N]CCc1ccccc1. The van der Waals surface area contributed by atoms with Crippen LogP contribution in [0.1, 0.15) is 5.56 Å². The summed E-state index contributed by atoms with van der Waals surface area (Å²) < 4.78 is 0. The Labute approximate surface area is 55.5 Å². The second-order valence-electron chi connectivity index (χ2n) is 1.96. The van der Waals surface area contributed by atoms with E-state index in [0.29, 0.717) is 0 Å². The highest BCUT2D eigenvalue weighted by Gasteiger charge is 1.85. The first-order chi connectivity index (χ1) is 4.43. The fourth-order valence-electron chi connectivity index (χ4n) is 0.774. The van der Waals surface area contributed by atoms with Gasteiger partial charge in [0.25, 0.3) is 0 Å². The van der Waals surface area contributed by atoms with E-state index in [1.165, 1.54) is 5.56 Å². The molecule has 2 radical (unpaired) electrons. The molecule has 0 aliphatic carbocycles. The average Bonchev–Trinajstić information content (AvgIpc) is 1.91. The molecule has 0 aliphatic heterocycles. The first-order valence-electron chi connectivity index (χ1n) is 3.08. The van der Waals surface area contributed by atoms with Crippen LogP contribution in [0.4, 0.5) is 0 Å². The van der Waals surface area contributed by atoms with Gasteiger partial charge in [-0.15, -0.1) is 5.73 Å². The molecule has 0 heterocycles. The molecule has 0 aliphatic rings. The van der Waals surface area contributed by atoms with Gasteiger partial charge < -0.3 is 0 Å². The highest BCUT2D eigenvalue weighted by Crippen LogP contribution is 1.97. The molecule has 0 unspecified atom stereocenters. The summed E-state index contributed by atoms with van der Waals surface area (Å²) in [7, 11) is 0. The van der Waals surface area contributed by atoms with Crippen LogP contribution in [-0.4, -0.2) is 6.54 Å². The Hall–Kier alpha value is -0.820. The molecule has 0 N–H and O–H groups in total. The molecule has 1 aromatic carbocycles. The second-order valence-corrected chi connectivity index (χ2v) is 1.96. The van der Waals surface area contributed by atoms with Crippen molar-refractivity contribution in [3.05, 3.63) is 35.9 Å². The Morgan fingerprint density at radius 1 is 1.11 bits per heavy atom. The lowest BCUT2D eigenvalue weighted by atomic mass is 10.2. The molecule has 0 fully saturated rings. The van der Waals surface area contributed by atoms with Crippen LogP contribution < -0.4 is 5.73 Å². The second kappa shape index (κ2) is 3.25. The highest BCUT2D eigenvalue weighted by molar-refractivity contribution is 5.14. The Balaban J connectivity index is 2.61. The van der Waals surface area contributed by atoms with Gasteiger partial charge in [-0.05, 0) is 12.0 Å². The Morgan fingerprint density at radius 2 is 1.78 bits per heavy atom. The largest absolute Gasteiger partial charge is 0.145 e. The predicted molar refractivity (Wildman–Crippen MR) is 37.1 cm³/mol. The molecule has 0 spiro atoms. The van der Waals surface area contributed by atoms with E-state index in [9.17, 15) is 0 Å². The third-order valence-electron chi connectivity index (χ3n) is 1.24. The van der Waals surface area contributed by atoms with Gasteiger partial charge in [-0.1, -0.05) is 30.3 Å². The summed E-state index contributed by atoms with van der Waals surface area (Å²) in [6.45, 7) is 0.240. The highest BCUT2D eigenvalue weighted by atomic mass is 14.5. The first kappa shape index (κ1) is 6.30. The maximum absolute atomic E-state index is 8.52. The van der Waals surface area contributed by atoms with Gasteiger partial charge in [-0.3, -0.25) is 0 Å². The molecule has 1 aromatic rings. The summed E-state index contributed by atoms with van der Waals surface area (Å²) in [5, 5.41) is 0. The first-order valence-corrected chi connectivity index (χ1v) is 3.08. The number of rotatable bonds is 2. The van der Waals surface area contributed by atoms with Crippen LogP contribution in [0.2, 0.25) is 0 Å². The molecular formula is C8H9N. The topological polar surface area (TPSA) is 22.3 Å². The van der Waals surface area contributed by atoms with Crippen LogP contribution in [0.15, 0.2) is 30.3 Å². The fraction of sp³-hybridized carbons (Fsp3) is 0.250. The van der Waals surface area contributed by atoms with E-state index in [0.717, 1.165) is 6.42 Å². The van der Waals surface area contributed by atoms with Crippen LogP contribution in [0.25, 0.3) is 0 Å². The molecule has 0 aromatic heterocycles. The van der Waals surface area contributed by atoms with E-state index in [1.807, 2.05) is 30.3 Å². The lowest BCUT2D eigenvalue weighted by molar-refractivity contribution is 0.941. The van der Waals surface area contributed by atoms with Crippen molar-refractivity contribution in [3.8, 4) is 0 Å². The molecule has 0 atom stereocenters. The summed E-state index contributed by atoms with van der Waals surface area (Å²) in [5.74, 6) is 0. The molecule has 0 saturated heterocycles. The van der Waals surface area contributed by atoms with Crippen molar-refractivity contribution >= 4 is 0 Å². The normalized spacial score (nSPS) is 9.44. The van der Waals surface area contributed by atoms with Gasteiger partial charge in [0.15, 0.2) is 0 Å². The summed E-state index contributed by atoms with van der Waals surface area (Å²) >= 11 is 0. The smallest absolute Gasteiger partial charge is 0.0362 e. The van der Waals surface area contributed by atoms with Crippen molar-refractivity contribution in [1.29, 1.82) is 0 Å². The van der Waals surface area contributed by atoms with Crippen molar-refractivity contribution < 1.29 is 0 Å². The molecule has 0 saturated carbocycles. The maximum atomic E-state index is 8.52. The van der Waals surface area contributed by atoms with E-state index in [1.54, 1.807) is 0 Å². The zero-order chi connectivity index (χ0) is 6.53. The summed E-state index contributed by atoms with van der Waals surface area (Å²) in [6.07, 6.45) is 0.765. The minimum Gasteiger partial charge on any atom is -0.145 e. The molecular weight excluding hydrogens is 110 g/mol. The number of nitrogens with zero attached hydrogens (tertiary/aromatic N) is 1. The number of hydrogen-bond acceptors (Lipinski definition) is 0. The Morgan fingerprint density at radius 3 is 2.33 bits per heavy atom. The van der Waals surface area contributed by atoms with Gasteiger partial charge in [-0.2, -0.15) is 0 Å². The number of hydrogen-bond donors (Lipinski definition) is 0. The molecule has 1 heteroatoms. The monoisotopic (exact) mass is 119 g/mol. The Bertz CT molecular complexity index is 157. The third-order valence-corrected chi connectivity index (χ3v) is 1.24. The van der Waals surface area contributed by atoms with E-state index in [-0.39, 0.29) is 6.54 Å². The van der Waals surface area contributed by atoms with Gasteiger partial charge in [0.2, 0.25) is 0 Å². The summed E-state index contributed by atoms with van der Waals surface area (Å²) in [4.78, 5) is 0. The van der Waals surface area contributed by atoms with Crippen molar-refractivity contribution in [2.45, 2.75) is 6.42 Å². The zero-order valence-electron chi connectivity index (χ0n) is 5.25. The van der Waals surface area contributed by atoms with Gasteiger partial charge in [-0.25, -0.2) is 0 Å². The third kappa shape index (κ3) is 1.86. The zero-order valence-corrected chi connectivity index (χ0v) is 5.25. The molecule has 46 valence electrons. The van der Waals surface area contributed by atoms with Gasteiger partial charge in [0, 0.05) is 6.54 Å². The Kier molecular flexibility index (Phi) is 2.28. The molecule has 1 rings (SSSR count). The maximum Gasteiger partial charge on any atom is 0.0362 e. The van der Waals surface area contributed by atoms with Crippen LogP contribution in [0, 0.1) is 0 Å². The van der Waals surface area contributed by atoms with Crippen LogP contribution in [0.5, 0.6) is 0 Å². The van der Waals surface area contributed by atoms with E-state index in [2.05, 4.69) is 0 Å². The molecule has 9 heavy (non-hydrogen) atoms. The van der Waals surface area contributed by atoms with Crippen molar-refractivity contribution in [2.24, 2.45) is 0 Å². The molecule has 0 amide bonds. The quantitative estimate of drug-likeness (QED) is 0.560. The van der Waals surface area contributed by atoms with E-state index < -0.39 is 0 Å². The lowest BCUT2D eigenvalue weighted by Crippen LogP contribution is -1.90. The van der Waals surface area contributed by atoms with Gasteiger partial charge >= 0.3 is 0 Å². The van der Waals surface area contributed by atoms with Gasteiger partial charge in [0.05, 0.1) is 0 Å². The number of benzene rings is 1. The van der Waals surface area contributed by atoms with Crippen LogP contribution in [0.3, 0.4) is 0 Å². The predicted octanol–water partition coefficient (Wildman–Crippen LogP) is 1.30. The van der Waals surface area contributed by atoms with Crippen LogP contribution >= 0.6 is 0 Å². The van der Waals surface area contributed by atoms with Gasteiger partial charge in [0.1, 0.15) is 0 Å². The molecule has 1 nitrogen and oxygen atoms in total. The van der Waals surface area contributed by atoms with E-state index in [4.69, 9.17) is 5.73 Å². The van der Waals surface area contributed by atoms with E-state index >= 15 is 0 Å².